The van der Waals surface area contributed by atoms with E-state index in [4.69, 9.17) is 16.3 Å². The molecule has 0 amide bonds. The van der Waals surface area contributed by atoms with Crippen molar-refractivity contribution in [3.8, 4) is 0 Å². The Labute approximate surface area is 131 Å². The van der Waals surface area contributed by atoms with Gasteiger partial charge >= 0.3 is 0 Å². The Morgan fingerprint density at radius 3 is 2.62 bits per heavy atom. The third kappa shape index (κ3) is 5.43. The number of ether oxygens (including phenoxy) is 1. The van der Waals surface area contributed by atoms with Crippen molar-refractivity contribution in [1.82, 2.24) is 9.71 Å². The summed E-state index contributed by atoms with van der Waals surface area (Å²) in [6.07, 6.45) is 2.21. The predicted molar refractivity (Wildman–Crippen MR) is 84.3 cm³/mol. The third-order valence-electron chi connectivity index (χ3n) is 2.91. The van der Waals surface area contributed by atoms with Crippen LogP contribution in [0.4, 0.5) is 5.82 Å². The van der Waals surface area contributed by atoms with Crippen molar-refractivity contribution in [2.45, 2.75) is 37.7 Å². The van der Waals surface area contributed by atoms with E-state index in [1.54, 1.807) is 13.8 Å². The maximum atomic E-state index is 12.2. The van der Waals surface area contributed by atoms with Crippen molar-refractivity contribution in [2.24, 2.45) is 0 Å². The molecule has 0 saturated heterocycles. The van der Waals surface area contributed by atoms with Crippen LogP contribution in [0.5, 0.6) is 0 Å². The number of hydrogen-bond donors (Lipinski definition) is 2. The van der Waals surface area contributed by atoms with Crippen LogP contribution < -0.4 is 10.0 Å². The van der Waals surface area contributed by atoms with Gasteiger partial charge in [0.05, 0.1) is 10.6 Å². The highest BCUT2D eigenvalue weighted by Gasteiger charge is 2.22. The van der Waals surface area contributed by atoms with Crippen molar-refractivity contribution in [3.05, 3.63) is 17.3 Å². The van der Waals surface area contributed by atoms with Gasteiger partial charge in [-0.05, 0) is 26.3 Å². The van der Waals surface area contributed by atoms with E-state index in [0.717, 1.165) is 13.0 Å². The minimum Gasteiger partial charge on any atom is -0.377 e. The second-order valence-corrected chi connectivity index (χ2v) is 7.39. The summed E-state index contributed by atoms with van der Waals surface area (Å²) in [5.41, 5.74) is -0.590. The zero-order valence-electron chi connectivity index (χ0n) is 12.7. The highest BCUT2D eigenvalue weighted by atomic mass is 35.5. The molecule has 0 aliphatic heterocycles. The molecule has 0 radical (unpaired) electrons. The van der Waals surface area contributed by atoms with Crippen LogP contribution in [0.25, 0.3) is 0 Å². The standard InChI is InChI=1S/C13H22ClN3O3S/c1-5-6-15-12-11(14)7-10(8-16-12)21(18,19)17-9-13(2,3)20-4/h7-8,17H,5-6,9H2,1-4H3,(H,15,16). The molecule has 0 fully saturated rings. The van der Waals surface area contributed by atoms with Crippen LogP contribution in [0.3, 0.4) is 0 Å². The first-order valence-corrected chi connectivity index (χ1v) is 8.52. The summed E-state index contributed by atoms with van der Waals surface area (Å²) >= 11 is 6.05. The van der Waals surface area contributed by atoms with E-state index in [9.17, 15) is 8.42 Å². The van der Waals surface area contributed by atoms with Crippen molar-refractivity contribution in [1.29, 1.82) is 0 Å². The average Bonchev–Trinajstić information content (AvgIpc) is 2.44. The number of anilines is 1. The number of sulfonamides is 1. The lowest BCUT2D eigenvalue weighted by Crippen LogP contribution is -2.39. The largest absolute Gasteiger partial charge is 0.377 e. The van der Waals surface area contributed by atoms with E-state index in [0.29, 0.717) is 5.82 Å². The number of methoxy groups -OCH3 is 1. The fourth-order valence-corrected chi connectivity index (χ4v) is 2.83. The fraction of sp³-hybridized carbons (Fsp3) is 0.615. The van der Waals surface area contributed by atoms with Gasteiger partial charge in [0.25, 0.3) is 0 Å². The van der Waals surface area contributed by atoms with Gasteiger partial charge in [0, 0.05) is 26.4 Å². The van der Waals surface area contributed by atoms with Gasteiger partial charge in [-0.3, -0.25) is 0 Å². The molecule has 0 aliphatic rings. The molecule has 0 unspecified atom stereocenters. The summed E-state index contributed by atoms with van der Waals surface area (Å²) in [6, 6.07) is 1.38. The molecule has 1 rings (SSSR count). The zero-order chi connectivity index (χ0) is 16.1. The number of hydrogen-bond acceptors (Lipinski definition) is 5. The summed E-state index contributed by atoms with van der Waals surface area (Å²) in [4.78, 5) is 4.08. The second kappa shape index (κ2) is 7.40. The van der Waals surface area contributed by atoms with Gasteiger partial charge in [0.1, 0.15) is 10.7 Å². The lowest BCUT2D eigenvalue weighted by molar-refractivity contribution is 0.0276. The van der Waals surface area contributed by atoms with E-state index in [-0.39, 0.29) is 16.5 Å². The summed E-state index contributed by atoms with van der Waals surface area (Å²) in [5, 5.41) is 3.30. The first-order valence-electron chi connectivity index (χ1n) is 6.66. The van der Waals surface area contributed by atoms with Gasteiger partial charge in [-0.15, -0.1) is 0 Å². The Hall–Kier alpha value is -0.890. The number of halogens is 1. The Morgan fingerprint density at radius 1 is 1.43 bits per heavy atom. The molecule has 8 heteroatoms. The normalized spacial score (nSPS) is 12.4. The van der Waals surface area contributed by atoms with Crippen LogP contribution in [0.1, 0.15) is 27.2 Å². The minimum absolute atomic E-state index is 0.0291. The molecular formula is C13H22ClN3O3S. The van der Waals surface area contributed by atoms with Gasteiger partial charge in [-0.25, -0.2) is 18.1 Å². The molecule has 0 atom stereocenters. The van der Waals surface area contributed by atoms with Crippen molar-refractivity contribution < 1.29 is 13.2 Å². The lowest BCUT2D eigenvalue weighted by atomic mass is 10.1. The van der Waals surface area contributed by atoms with E-state index in [2.05, 4.69) is 15.0 Å². The lowest BCUT2D eigenvalue weighted by Gasteiger charge is -2.23. The number of aromatic nitrogens is 1. The van der Waals surface area contributed by atoms with E-state index >= 15 is 0 Å². The summed E-state index contributed by atoms with van der Waals surface area (Å²) < 4.78 is 32.0. The number of pyridine rings is 1. The monoisotopic (exact) mass is 335 g/mol. The SMILES string of the molecule is CCCNc1ncc(S(=O)(=O)NCC(C)(C)OC)cc1Cl. The molecule has 0 bridgehead atoms. The van der Waals surface area contributed by atoms with Crippen LogP contribution in [-0.2, 0) is 14.8 Å². The smallest absolute Gasteiger partial charge is 0.242 e. The Bertz CT molecular complexity index is 576. The van der Waals surface area contributed by atoms with Crippen LogP contribution in [0.15, 0.2) is 17.2 Å². The molecule has 1 heterocycles. The molecular weight excluding hydrogens is 314 g/mol. The van der Waals surface area contributed by atoms with E-state index in [1.807, 2.05) is 6.92 Å². The van der Waals surface area contributed by atoms with Gasteiger partial charge in [0.15, 0.2) is 0 Å². The van der Waals surface area contributed by atoms with Gasteiger partial charge < -0.3 is 10.1 Å². The maximum absolute atomic E-state index is 12.2. The third-order valence-corrected chi connectivity index (χ3v) is 4.57. The van der Waals surface area contributed by atoms with E-state index < -0.39 is 15.6 Å². The number of nitrogens with one attached hydrogen (secondary N) is 2. The van der Waals surface area contributed by atoms with Crippen LogP contribution >= 0.6 is 11.6 Å². The number of rotatable bonds is 8. The van der Waals surface area contributed by atoms with Crippen molar-refractivity contribution in [3.63, 3.8) is 0 Å². The van der Waals surface area contributed by atoms with E-state index in [1.165, 1.54) is 19.4 Å². The minimum atomic E-state index is -3.67. The summed E-state index contributed by atoms with van der Waals surface area (Å²) in [6.45, 7) is 6.47. The summed E-state index contributed by atoms with van der Waals surface area (Å²) in [7, 11) is -2.14. The molecule has 0 aromatic carbocycles. The first-order chi connectivity index (χ1) is 9.72. The zero-order valence-corrected chi connectivity index (χ0v) is 14.3. The Morgan fingerprint density at radius 2 is 2.10 bits per heavy atom. The van der Waals surface area contributed by atoms with Crippen LogP contribution in [0, 0.1) is 0 Å². The van der Waals surface area contributed by atoms with Crippen LogP contribution in [0.2, 0.25) is 5.02 Å². The topological polar surface area (TPSA) is 80.3 Å². The highest BCUT2D eigenvalue weighted by Crippen LogP contribution is 2.22. The molecule has 6 nitrogen and oxygen atoms in total. The Balaban J connectivity index is 2.87. The summed E-state index contributed by atoms with van der Waals surface area (Å²) in [5.74, 6) is 0.481. The molecule has 2 N–H and O–H groups in total. The molecule has 0 saturated carbocycles. The molecule has 1 aromatic heterocycles. The number of nitrogens with zero attached hydrogens (tertiary/aromatic N) is 1. The molecule has 120 valence electrons. The maximum Gasteiger partial charge on any atom is 0.242 e. The second-order valence-electron chi connectivity index (χ2n) is 5.22. The first kappa shape index (κ1) is 18.2. The van der Waals surface area contributed by atoms with Crippen molar-refractivity contribution in [2.75, 3.05) is 25.5 Å². The molecule has 1 aromatic rings. The van der Waals surface area contributed by atoms with Gasteiger partial charge in [0.2, 0.25) is 10.0 Å². The predicted octanol–water partition coefficient (Wildman–Crippen LogP) is 2.26. The fourth-order valence-electron chi connectivity index (χ4n) is 1.37. The van der Waals surface area contributed by atoms with Crippen LogP contribution in [-0.4, -0.2) is 39.2 Å². The van der Waals surface area contributed by atoms with Gasteiger partial charge in [-0.1, -0.05) is 18.5 Å². The average molecular weight is 336 g/mol. The van der Waals surface area contributed by atoms with Crippen molar-refractivity contribution >= 4 is 27.4 Å². The molecule has 0 aliphatic carbocycles. The Kier molecular flexibility index (Phi) is 6.40. The quantitative estimate of drug-likeness (QED) is 0.761. The molecule has 21 heavy (non-hydrogen) atoms. The van der Waals surface area contributed by atoms with Gasteiger partial charge in [-0.2, -0.15) is 0 Å². The highest BCUT2D eigenvalue weighted by molar-refractivity contribution is 7.89. The molecule has 0 spiro atoms.